The van der Waals surface area contributed by atoms with E-state index in [1.807, 2.05) is 18.2 Å². The first-order chi connectivity index (χ1) is 14.2. The Bertz CT molecular complexity index is 1150. The molecule has 0 saturated carbocycles. The molecule has 0 bridgehead atoms. The average molecular weight is 461 g/mol. The van der Waals surface area contributed by atoms with Gasteiger partial charge in [-0.1, -0.05) is 43.6 Å². The Hall–Kier alpha value is -2.48. The van der Waals surface area contributed by atoms with Crippen LogP contribution in [0.4, 0.5) is 11.4 Å². The van der Waals surface area contributed by atoms with Gasteiger partial charge in [-0.05, 0) is 54.6 Å². The van der Waals surface area contributed by atoms with Gasteiger partial charge in [-0.15, -0.1) is 11.8 Å². The molecule has 0 aliphatic rings. The van der Waals surface area contributed by atoms with Gasteiger partial charge in [0.25, 0.3) is 15.9 Å². The Morgan fingerprint density at radius 3 is 2.30 bits per heavy atom. The van der Waals surface area contributed by atoms with Crippen LogP contribution in [-0.4, -0.2) is 19.6 Å². The SMILES string of the molecule is CC(C)Sc1ccccc1C(=O)Nc1ccc(S(=O)(=O)Nc2cccc(Cl)c2)cc1. The molecule has 5 nitrogen and oxygen atoms in total. The number of thioether (sulfide) groups is 1. The van der Waals surface area contributed by atoms with E-state index in [4.69, 9.17) is 11.6 Å². The molecule has 0 spiro atoms. The Morgan fingerprint density at radius 1 is 0.933 bits per heavy atom. The van der Waals surface area contributed by atoms with Crippen LogP contribution in [0.3, 0.4) is 0 Å². The molecular formula is C22H21ClN2O3S2. The lowest BCUT2D eigenvalue weighted by Gasteiger charge is -2.12. The molecule has 0 aromatic heterocycles. The zero-order chi connectivity index (χ0) is 21.7. The van der Waals surface area contributed by atoms with Crippen molar-refractivity contribution in [2.24, 2.45) is 0 Å². The van der Waals surface area contributed by atoms with Crippen molar-refractivity contribution >= 4 is 50.7 Å². The number of sulfonamides is 1. The number of hydrogen-bond acceptors (Lipinski definition) is 4. The average Bonchev–Trinajstić information content (AvgIpc) is 2.68. The van der Waals surface area contributed by atoms with E-state index in [0.717, 1.165) is 4.90 Å². The van der Waals surface area contributed by atoms with Crippen LogP contribution < -0.4 is 10.0 Å². The summed E-state index contributed by atoms with van der Waals surface area (Å²) in [5.74, 6) is -0.244. The Balaban J connectivity index is 1.74. The third kappa shape index (κ3) is 5.78. The van der Waals surface area contributed by atoms with Crippen LogP contribution in [-0.2, 0) is 10.0 Å². The fourth-order valence-corrected chi connectivity index (χ4v) is 4.89. The predicted octanol–water partition coefficient (Wildman–Crippen LogP) is 5.89. The molecule has 0 heterocycles. The first kappa shape index (κ1) is 22.2. The maximum atomic E-state index is 12.7. The smallest absolute Gasteiger partial charge is 0.261 e. The summed E-state index contributed by atoms with van der Waals surface area (Å²) in [5, 5.41) is 3.60. The molecule has 1 amide bonds. The minimum atomic E-state index is -3.77. The van der Waals surface area contributed by atoms with Gasteiger partial charge in [-0.25, -0.2) is 8.42 Å². The number of carbonyl (C=O) groups excluding carboxylic acids is 1. The summed E-state index contributed by atoms with van der Waals surface area (Å²) in [5.41, 5.74) is 1.46. The van der Waals surface area contributed by atoms with E-state index in [0.29, 0.717) is 27.2 Å². The number of nitrogens with one attached hydrogen (secondary N) is 2. The van der Waals surface area contributed by atoms with Gasteiger partial charge < -0.3 is 5.32 Å². The topological polar surface area (TPSA) is 75.3 Å². The van der Waals surface area contributed by atoms with Gasteiger partial charge in [-0.2, -0.15) is 0 Å². The molecule has 0 saturated heterocycles. The summed E-state index contributed by atoms with van der Waals surface area (Å²) in [4.78, 5) is 13.7. The van der Waals surface area contributed by atoms with E-state index in [9.17, 15) is 13.2 Å². The Kier molecular flexibility index (Phi) is 7.07. The van der Waals surface area contributed by atoms with Gasteiger partial charge in [-0.3, -0.25) is 9.52 Å². The lowest BCUT2D eigenvalue weighted by molar-refractivity contribution is 0.102. The zero-order valence-electron chi connectivity index (χ0n) is 16.4. The molecule has 8 heteroatoms. The number of rotatable bonds is 7. The molecule has 2 N–H and O–H groups in total. The van der Waals surface area contributed by atoms with E-state index in [1.165, 1.54) is 18.2 Å². The first-order valence-electron chi connectivity index (χ1n) is 9.20. The van der Waals surface area contributed by atoms with Crippen LogP contribution in [0.25, 0.3) is 0 Å². The minimum Gasteiger partial charge on any atom is -0.322 e. The van der Waals surface area contributed by atoms with Crippen LogP contribution in [0.15, 0.2) is 82.6 Å². The molecule has 3 aromatic carbocycles. The van der Waals surface area contributed by atoms with Crippen molar-refractivity contribution in [2.75, 3.05) is 10.0 Å². The summed E-state index contributed by atoms with van der Waals surface area (Å²) in [7, 11) is -3.77. The van der Waals surface area contributed by atoms with Gasteiger partial charge in [0.15, 0.2) is 0 Å². The molecular weight excluding hydrogens is 440 g/mol. The monoisotopic (exact) mass is 460 g/mol. The summed E-state index contributed by atoms with van der Waals surface area (Å²) < 4.78 is 27.6. The summed E-state index contributed by atoms with van der Waals surface area (Å²) in [6, 6.07) is 19.9. The van der Waals surface area contributed by atoms with Crippen LogP contribution in [0.5, 0.6) is 0 Å². The van der Waals surface area contributed by atoms with Crippen molar-refractivity contribution in [3.8, 4) is 0 Å². The van der Waals surface area contributed by atoms with Gasteiger partial charge >= 0.3 is 0 Å². The lowest BCUT2D eigenvalue weighted by atomic mass is 10.2. The molecule has 30 heavy (non-hydrogen) atoms. The Labute approximate surface area is 185 Å². The number of halogens is 1. The van der Waals surface area contributed by atoms with E-state index in [-0.39, 0.29) is 10.8 Å². The van der Waals surface area contributed by atoms with E-state index < -0.39 is 10.0 Å². The zero-order valence-corrected chi connectivity index (χ0v) is 18.8. The second kappa shape index (κ2) is 9.55. The summed E-state index contributed by atoms with van der Waals surface area (Å²) in [6.45, 7) is 4.13. The molecule has 0 radical (unpaired) electrons. The highest BCUT2D eigenvalue weighted by Crippen LogP contribution is 2.27. The van der Waals surface area contributed by atoms with Gasteiger partial charge in [0.2, 0.25) is 0 Å². The fourth-order valence-electron chi connectivity index (χ4n) is 2.69. The van der Waals surface area contributed by atoms with Crippen LogP contribution in [0, 0.1) is 0 Å². The van der Waals surface area contributed by atoms with Crippen LogP contribution >= 0.6 is 23.4 Å². The number of hydrogen-bond donors (Lipinski definition) is 2. The third-order valence-corrected chi connectivity index (χ3v) is 6.71. The standard InChI is InChI=1S/C22H21ClN2O3S2/c1-15(2)29-21-9-4-3-8-20(21)22(26)24-17-10-12-19(13-11-17)30(27,28)25-18-7-5-6-16(23)14-18/h3-15,25H,1-2H3,(H,24,26). The highest BCUT2D eigenvalue weighted by atomic mass is 35.5. The second-order valence-electron chi connectivity index (χ2n) is 6.76. The summed E-state index contributed by atoms with van der Waals surface area (Å²) >= 11 is 7.52. The molecule has 156 valence electrons. The van der Waals surface area contributed by atoms with Crippen LogP contribution in [0.2, 0.25) is 5.02 Å². The van der Waals surface area contributed by atoms with Crippen LogP contribution in [0.1, 0.15) is 24.2 Å². The molecule has 0 aliphatic heterocycles. The fraction of sp³-hybridized carbons (Fsp3) is 0.136. The van der Waals surface area contributed by atoms with Crippen molar-refractivity contribution in [1.82, 2.24) is 0 Å². The normalized spacial score (nSPS) is 11.3. The molecule has 3 rings (SSSR count). The van der Waals surface area contributed by atoms with E-state index in [1.54, 1.807) is 48.2 Å². The van der Waals surface area contributed by atoms with Gasteiger partial charge in [0, 0.05) is 20.9 Å². The minimum absolute atomic E-state index is 0.0798. The molecule has 3 aromatic rings. The lowest BCUT2D eigenvalue weighted by Crippen LogP contribution is -2.15. The molecule has 0 aliphatic carbocycles. The molecule has 0 atom stereocenters. The van der Waals surface area contributed by atoms with E-state index >= 15 is 0 Å². The highest BCUT2D eigenvalue weighted by molar-refractivity contribution is 8.00. The summed E-state index contributed by atoms with van der Waals surface area (Å²) in [6.07, 6.45) is 0. The number of carbonyl (C=O) groups is 1. The van der Waals surface area contributed by atoms with Crippen molar-refractivity contribution < 1.29 is 13.2 Å². The Morgan fingerprint density at radius 2 is 1.63 bits per heavy atom. The predicted molar refractivity (Wildman–Crippen MR) is 124 cm³/mol. The quantitative estimate of drug-likeness (QED) is 0.431. The second-order valence-corrected chi connectivity index (χ2v) is 10.5. The maximum absolute atomic E-state index is 12.7. The van der Waals surface area contributed by atoms with Crippen molar-refractivity contribution in [1.29, 1.82) is 0 Å². The van der Waals surface area contributed by atoms with Crippen molar-refractivity contribution in [3.63, 3.8) is 0 Å². The molecule has 0 fully saturated rings. The number of amides is 1. The largest absolute Gasteiger partial charge is 0.322 e. The molecule has 0 unspecified atom stereocenters. The maximum Gasteiger partial charge on any atom is 0.261 e. The first-order valence-corrected chi connectivity index (χ1v) is 11.9. The highest BCUT2D eigenvalue weighted by Gasteiger charge is 2.16. The number of benzene rings is 3. The van der Waals surface area contributed by atoms with E-state index in [2.05, 4.69) is 23.9 Å². The van der Waals surface area contributed by atoms with Gasteiger partial charge in [0.05, 0.1) is 16.1 Å². The van der Waals surface area contributed by atoms with Crippen molar-refractivity contribution in [2.45, 2.75) is 28.9 Å². The third-order valence-electron chi connectivity index (χ3n) is 3.99. The van der Waals surface area contributed by atoms with Gasteiger partial charge in [0.1, 0.15) is 0 Å². The van der Waals surface area contributed by atoms with Crippen molar-refractivity contribution in [3.05, 3.63) is 83.4 Å². The number of anilines is 2.